The number of aliphatic hydroxyl groups is 3. The number of carbonyl (C=O) groups excluding carboxylic acids is 6. The summed E-state index contributed by atoms with van der Waals surface area (Å²) in [5.74, 6) is -6.67. The van der Waals surface area contributed by atoms with Crippen molar-refractivity contribution in [2.24, 2.45) is 22.2 Å². The molecule has 6 rings (SSSR count). The van der Waals surface area contributed by atoms with Gasteiger partial charge in [-0.1, -0.05) is 83.1 Å². The van der Waals surface area contributed by atoms with Crippen LogP contribution in [0.1, 0.15) is 97.1 Å². The predicted octanol–water partition coefficient (Wildman–Crippen LogP) is 3.47. The SMILES string of the molecule is CC(=O)O[C@H]1C(=O)[C@@]2(C)[C@H]([C@H](OC(=O)c3ccccc3)[C@]3(O)C[C@H](OC(=O)[C@H](O)[C@@H](NC(=O)C(C)(C)C)c4ccccc4)C(C)=C1C3(C)C)[C@]1(OC(C)=O)CO[C@@H]1C[C@@H]2O. The van der Waals surface area contributed by atoms with Crippen LogP contribution >= 0.6 is 0 Å². The molecule has 0 aromatic heterocycles. The lowest BCUT2D eigenvalue weighted by Gasteiger charge is -2.67. The molecule has 15 nitrogen and oxygen atoms in total. The molecule has 3 aliphatic carbocycles. The Balaban J connectivity index is 1.56. The van der Waals surface area contributed by atoms with E-state index in [4.69, 9.17) is 23.7 Å². The summed E-state index contributed by atoms with van der Waals surface area (Å²) in [4.78, 5) is 83.1. The van der Waals surface area contributed by atoms with Crippen LogP contribution in [0.3, 0.4) is 0 Å². The monoisotopic (exact) mass is 833 g/mol. The van der Waals surface area contributed by atoms with Crippen molar-refractivity contribution in [2.75, 3.05) is 6.61 Å². The average Bonchev–Trinajstić information content (AvgIpc) is 3.17. The zero-order valence-electron chi connectivity index (χ0n) is 35.3. The number of ether oxygens (including phenoxy) is 5. The summed E-state index contributed by atoms with van der Waals surface area (Å²) in [5.41, 5.74) is -8.10. The lowest BCUT2D eigenvalue weighted by molar-refractivity contribution is -0.346. The molecule has 4 N–H and O–H groups in total. The first-order valence-electron chi connectivity index (χ1n) is 20.1. The first-order chi connectivity index (χ1) is 27.9. The molecule has 3 fully saturated rings. The Morgan fingerprint density at radius 1 is 0.900 bits per heavy atom. The molecule has 2 bridgehead atoms. The van der Waals surface area contributed by atoms with E-state index in [-0.39, 0.29) is 29.7 Å². The van der Waals surface area contributed by atoms with Crippen molar-refractivity contribution in [3.8, 4) is 0 Å². The average molecular weight is 834 g/mol. The van der Waals surface area contributed by atoms with Crippen LogP contribution in [0.4, 0.5) is 0 Å². The van der Waals surface area contributed by atoms with Crippen LogP contribution in [0.2, 0.25) is 0 Å². The van der Waals surface area contributed by atoms with Gasteiger partial charge in [0.05, 0.1) is 35.6 Å². The van der Waals surface area contributed by atoms with Crippen LogP contribution in [-0.4, -0.2) is 105 Å². The molecule has 2 aromatic rings. The molecular formula is C45H55NO14. The number of ketones is 1. The normalized spacial score (nSPS) is 32.9. The fourth-order valence-electron chi connectivity index (χ4n) is 9.73. The van der Waals surface area contributed by atoms with Gasteiger partial charge in [-0.15, -0.1) is 0 Å². The third-order valence-corrected chi connectivity index (χ3v) is 13.1. The fraction of sp³-hybridized carbons (Fsp3) is 0.556. The molecule has 4 aliphatic rings. The second kappa shape index (κ2) is 15.8. The van der Waals surface area contributed by atoms with Crippen LogP contribution in [0.15, 0.2) is 71.8 Å². The third-order valence-electron chi connectivity index (χ3n) is 13.1. The summed E-state index contributed by atoms with van der Waals surface area (Å²) in [6, 6.07) is 14.9. The molecule has 1 aliphatic heterocycles. The highest BCUT2D eigenvalue weighted by molar-refractivity contribution is 5.95. The Hall–Kier alpha value is -4.96. The van der Waals surface area contributed by atoms with Gasteiger partial charge in [0, 0.05) is 37.5 Å². The minimum absolute atomic E-state index is 0.00513. The molecule has 2 aromatic carbocycles. The standard InChI is InChI=1S/C45H55NO14/c1-23-28(58-39(53)33(50)32(26-16-12-10-13-17-26)46-40(54)41(4,5)6)21-45(55)37(59-38(52)27-18-14-11-15-19-27)35-43(9,29(49)20-30-44(35,22-56-30)60-25(3)48)36(51)34(57-24(2)47)31(23)42(45,7)8/h10-19,28-30,32-35,37,49-50,55H,20-22H2,1-9H3,(H,46,54)/t28-,29-,30+,32-,33+,34+,35-,37-,43+,44-,45+/m0/s1. The van der Waals surface area contributed by atoms with Gasteiger partial charge in [0.25, 0.3) is 0 Å². The maximum Gasteiger partial charge on any atom is 0.338 e. The van der Waals surface area contributed by atoms with Crippen LogP contribution in [0.25, 0.3) is 0 Å². The summed E-state index contributed by atoms with van der Waals surface area (Å²) in [6.07, 6.45) is -10.4. The number of rotatable bonds is 9. The van der Waals surface area contributed by atoms with Crippen molar-refractivity contribution in [3.05, 3.63) is 82.9 Å². The second-order valence-electron chi connectivity index (χ2n) is 18.2. The first-order valence-corrected chi connectivity index (χ1v) is 20.1. The topological polar surface area (TPSA) is 221 Å². The first kappa shape index (κ1) is 44.6. The van der Waals surface area contributed by atoms with Gasteiger partial charge in [-0.25, -0.2) is 9.59 Å². The summed E-state index contributed by atoms with van der Waals surface area (Å²) in [5, 5.41) is 40.1. The quantitative estimate of drug-likeness (QED) is 0.162. The number of benzene rings is 2. The van der Waals surface area contributed by atoms with Gasteiger partial charge in [-0.3, -0.25) is 19.2 Å². The minimum atomic E-state index is -2.38. The summed E-state index contributed by atoms with van der Waals surface area (Å²) < 4.78 is 30.2. The Labute approximate surface area is 348 Å². The molecule has 15 heteroatoms. The molecule has 1 saturated heterocycles. The smallest absolute Gasteiger partial charge is 0.338 e. The van der Waals surface area contributed by atoms with E-state index in [1.54, 1.807) is 83.1 Å². The number of hydrogen-bond donors (Lipinski definition) is 4. The van der Waals surface area contributed by atoms with Gasteiger partial charge in [0.15, 0.2) is 23.6 Å². The Bertz CT molecular complexity index is 2080. The van der Waals surface area contributed by atoms with Crippen molar-refractivity contribution in [2.45, 2.75) is 129 Å². The highest BCUT2D eigenvalue weighted by Gasteiger charge is 2.78. The van der Waals surface area contributed by atoms with E-state index in [9.17, 15) is 39.3 Å². The Kier molecular flexibility index (Phi) is 11.8. The lowest BCUT2D eigenvalue weighted by Crippen LogP contribution is -2.82. The van der Waals surface area contributed by atoms with Crippen LogP contribution in [-0.2, 0) is 47.7 Å². The molecule has 1 heterocycles. The van der Waals surface area contributed by atoms with E-state index < -0.39 is 118 Å². The number of Topliss-reactive ketones (excluding diaryl/α,β-unsaturated/α-hetero) is 1. The number of esters is 4. The largest absolute Gasteiger partial charge is 0.456 e. The van der Waals surface area contributed by atoms with Crippen molar-refractivity contribution < 1.29 is 67.8 Å². The van der Waals surface area contributed by atoms with Gasteiger partial charge < -0.3 is 44.3 Å². The molecule has 1 amide bonds. The number of hydrogen-bond acceptors (Lipinski definition) is 14. The van der Waals surface area contributed by atoms with Gasteiger partial charge in [-0.2, -0.15) is 0 Å². The molecule has 2 saturated carbocycles. The van der Waals surface area contributed by atoms with Crippen LogP contribution in [0.5, 0.6) is 0 Å². The Morgan fingerprint density at radius 2 is 1.50 bits per heavy atom. The molecule has 0 unspecified atom stereocenters. The highest BCUT2D eigenvalue weighted by atomic mass is 16.6. The molecule has 11 atom stereocenters. The highest BCUT2D eigenvalue weighted by Crippen LogP contribution is 2.64. The molecule has 0 radical (unpaired) electrons. The molecule has 0 spiro atoms. The number of aliphatic hydroxyl groups excluding tert-OH is 2. The van der Waals surface area contributed by atoms with Crippen LogP contribution < -0.4 is 5.32 Å². The van der Waals surface area contributed by atoms with E-state index >= 15 is 4.79 Å². The number of carbonyl (C=O) groups is 6. The van der Waals surface area contributed by atoms with E-state index in [1.807, 2.05) is 0 Å². The van der Waals surface area contributed by atoms with Crippen molar-refractivity contribution in [3.63, 3.8) is 0 Å². The Morgan fingerprint density at radius 3 is 2.03 bits per heavy atom. The third kappa shape index (κ3) is 7.32. The maximum atomic E-state index is 15.4. The van der Waals surface area contributed by atoms with Gasteiger partial charge >= 0.3 is 23.9 Å². The van der Waals surface area contributed by atoms with E-state index in [0.29, 0.717) is 5.56 Å². The van der Waals surface area contributed by atoms with Gasteiger partial charge in [-0.05, 0) is 42.7 Å². The van der Waals surface area contributed by atoms with E-state index in [1.165, 1.54) is 26.0 Å². The van der Waals surface area contributed by atoms with Crippen LogP contribution in [0, 0.1) is 22.2 Å². The number of nitrogens with one attached hydrogen (secondary N) is 1. The van der Waals surface area contributed by atoms with E-state index in [2.05, 4.69) is 5.32 Å². The van der Waals surface area contributed by atoms with Crippen molar-refractivity contribution in [1.82, 2.24) is 5.32 Å². The fourth-order valence-corrected chi connectivity index (χ4v) is 9.73. The number of fused-ring (bicyclic) bond motifs is 5. The zero-order valence-corrected chi connectivity index (χ0v) is 35.3. The maximum absolute atomic E-state index is 15.4. The van der Waals surface area contributed by atoms with Gasteiger partial charge in [0.1, 0.15) is 23.9 Å². The summed E-state index contributed by atoms with van der Waals surface area (Å²) >= 11 is 0. The van der Waals surface area contributed by atoms with Crippen molar-refractivity contribution >= 4 is 35.6 Å². The predicted molar refractivity (Wildman–Crippen MR) is 211 cm³/mol. The second-order valence-corrected chi connectivity index (χ2v) is 18.2. The van der Waals surface area contributed by atoms with Gasteiger partial charge in [0.2, 0.25) is 5.91 Å². The van der Waals surface area contributed by atoms with Crippen molar-refractivity contribution in [1.29, 1.82) is 0 Å². The number of amides is 1. The summed E-state index contributed by atoms with van der Waals surface area (Å²) in [7, 11) is 0. The van der Waals surface area contributed by atoms with E-state index in [0.717, 1.165) is 13.8 Å². The molecule has 60 heavy (non-hydrogen) atoms. The molecular weight excluding hydrogens is 778 g/mol. The lowest BCUT2D eigenvalue weighted by atomic mass is 9.44. The minimum Gasteiger partial charge on any atom is -0.456 e. The summed E-state index contributed by atoms with van der Waals surface area (Å²) in [6.45, 7) is 13.0. The molecule has 324 valence electrons. The zero-order chi connectivity index (χ0) is 44.3.